The van der Waals surface area contributed by atoms with Crippen LogP contribution in [-0.4, -0.2) is 360 Å². The zero-order valence-corrected chi connectivity index (χ0v) is 31.0. The quantitative estimate of drug-likeness (QED) is 0.340. The third-order valence-corrected chi connectivity index (χ3v) is 0. The first-order chi connectivity index (χ1) is 0. The standard InChI is InChI=1S/7K.H3P/h;;;;;;;1H3. The Labute approximate surface area is 354 Å². The fraction of sp³-hybridized carbons (Fsp3) is 0. The molecule has 0 nitrogen and oxygen atoms in total. The summed E-state index contributed by atoms with van der Waals surface area (Å²) in [6, 6.07) is 0. The SMILES string of the molecule is P.[K].[K].[K].[K].[K].[K].[K]. The molecule has 0 bridgehead atoms. The van der Waals surface area contributed by atoms with Crippen LogP contribution < -0.4 is 0 Å². The molecule has 0 N–H and O–H groups in total. The van der Waals surface area contributed by atoms with E-state index in [1.54, 1.807) is 0 Å². The molecule has 1 unspecified atom stereocenters. The summed E-state index contributed by atoms with van der Waals surface area (Å²) in [5, 5.41) is 0. The van der Waals surface area contributed by atoms with Crippen LogP contribution >= 0.6 is 9.90 Å². The van der Waals surface area contributed by atoms with E-state index in [9.17, 15) is 0 Å². The summed E-state index contributed by atoms with van der Waals surface area (Å²) in [7, 11) is 0. The molecule has 0 rings (SSSR count). The van der Waals surface area contributed by atoms with Gasteiger partial charge in [-0.05, 0) is 0 Å². The van der Waals surface area contributed by atoms with Gasteiger partial charge in [-0.25, -0.2) is 0 Å². The molecule has 0 aromatic rings. The summed E-state index contributed by atoms with van der Waals surface area (Å²) >= 11 is 0. The molecule has 0 aliphatic carbocycles. The van der Waals surface area contributed by atoms with Crippen molar-refractivity contribution in [2.75, 3.05) is 0 Å². The summed E-state index contributed by atoms with van der Waals surface area (Å²) in [5.41, 5.74) is 0. The van der Waals surface area contributed by atoms with Gasteiger partial charge in [-0.15, -0.1) is 0 Å². The largest absolute Gasteiger partial charge is 0.153 e. The minimum absolute atomic E-state index is 0. The Morgan fingerprint density at radius 3 is 0.250 bits per heavy atom. The van der Waals surface area contributed by atoms with Crippen molar-refractivity contribution in [3.63, 3.8) is 0 Å². The van der Waals surface area contributed by atoms with Crippen molar-refractivity contribution in [2.24, 2.45) is 0 Å². The summed E-state index contributed by atoms with van der Waals surface area (Å²) in [5.74, 6) is 0. The van der Waals surface area contributed by atoms with Gasteiger partial charge >= 0.3 is 0 Å². The molecule has 15 valence electrons. The van der Waals surface area contributed by atoms with Gasteiger partial charge < -0.3 is 0 Å². The third-order valence-electron chi connectivity index (χ3n) is 0. The van der Waals surface area contributed by atoms with Gasteiger partial charge in [0.2, 0.25) is 0 Å². The molecule has 0 aromatic carbocycles. The van der Waals surface area contributed by atoms with Crippen LogP contribution in [0.25, 0.3) is 0 Å². The molecular formula is H3K7P. The van der Waals surface area contributed by atoms with Gasteiger partial charge in [-0.2, -0.15) is 9.90 Å². The molecule has 0 fully saturated rings. The molecule has 0 spiro atoms. The first kappa shape index (κ1) is 50.2. The van der Waals surface area contributed by atoms with E-state index < -0.39 is 0 Å². The molecule has 7 radical (unpaired) electrons. The van der Waals surface area contributed by atoms with Gasteiger partial charge in [0.05, 0.1) is 0 Å². The molecule has 8 heavy (non-hydrogen) atoms. The second-order valence-corrected chi connectivity index (χ2v) is 0. The molecule has 0 aromatic heterocycles. The van der Waals surface area contributed by atoms with Gasteiger partial charge in [0.1, 0.15) is 0 Å². The normalized spacial score (nSPS) is 0. The first-order valence-electron chi connectivity index (χ1n) is 0. The van der Waals surface area contributed by atoms with Gasteiger partial charge in [0, 0.05) is 360 Å². The minimum atomic E-state index is 0. The van der Waals surface area contributed by atoms with E-state index in [0.29, 0.717) is 0 Å². The van der Waals surface area contributed by atoms with Crippen molar-refractivity contribution in [2.45, 2.75) is 0 Å². The van der Waals surface area contributed by atoms with Gasteiger partial charge in [0.15, 0.2) is 0 Å². The monoisotopic (exact) mass is 307 g/mol. The van der Waals surface area contributed by atoms with Crippen LogP contribution in [0.1, 0.15) is 0 Å². The molecular weight excluding hydrogens is 305 g/mol. The molecule has 8 heteroatoms. The summed E-state index contributed by atoms with van der Waals surface area (Å²) in [6.45, 7) is 0. The fourth-order valence-electron chi connectivity index (χ4n) is 0. The zero-order valence-electron chi connectivity index (χ0n) is 7.71. The Balaban J connectivity index is 0. The fourth-order valence-corrected chi connectivity index (χ4v) is 0. The zero-order chi connectivity index (χ0) is 0. The molecule has 0 amide bonds. The van der Waals surface area contributed by atoms with E-state index in [0.717, 1.165) is 0 Å². The number of hydrogen-bond acceptors (Lipinski definition) is 0. The number of hydrogen-bond donors (Lipinski definition) is 0. The van der Waals surface area contributed by atoms with Gasteiger partial charge in [-0.3, -0.25) is 0 Å². The van der Waals surface area contributed by atoms with Crippen LogP contribution in [0.15, 0.2) is 0 Å². The van der Waals surface area contributed by atoms with Crippen molar-refractivity contribution in [3.05, 3.63) is 0 Å². The summed E-state index contributed by atoms with van der Waals surface area (Å²) < 4.78 is 0. The first-order valence-corrected chi connectivity index (χ1v) is 0. The molecule has 0 aliphatic rings. The van der Waals surface area contributed by atoms with Crippen LogP contribution in [0.5, 0.6) is 0 Å². The maximum Gasteiger partial charge on any atom is 0 e. The molecule has 0 saturated heterocycles. The minimum Gasteiger partial charge on any atom is -0.153 e. The van der Waals surface area contributed by atoms with Gasteiger partial charge in [0.25, 0.3) is 0 Å². The van der Waals surface area contributed by atoms with Crippen molar-refractivity contribution >= 4 is 370 Å². The summed E-state index contributed by atoms with van der Waals surface area (Å²) in [6.07, 6.45) is 0. The van der Waals surface area contributed by atoms with Crippen LogP contribution in [0, 0.1) is 0 Å². The Morgan fingerprint density at radius 2 is 0.250 bits per heavy atom. The predicted octanol–water partition coefficient (Wildman–Crippen LogP) is -2.61. The topological polar surface area (TPSA) is 0 Å². The van der Waals surface area contributed by atoms with Crippen molar-refractivity contribution in [3.8, 4) is 0 Å². The van der Waals surface area contributed by atoms with Crippen LogP contribution in [0.4, 0.5) is 0 Å². The Kier molecular flexibility index (Phi) is 268. The van der Waals surface area contributed by atoms with Crippen molar-refractivity contribution < 1.29 is 0 Å². The van der Waals surface area contributed by atoms with Crippen LogP contribution in [0.3, 0.4) is 0 Å². The van der Waals surface area contributed by atoms with Gasteiger partial charge in [-0.1, -0.05) is 0 Å². The van der Waals surface area contributed by atoms with E-state index in [1.165, 1.54) is 0 Å². The summed E-state index contributed by atoms with van der Waals surface area (Å²) in [4.78, 5) is 0. The molecule has 0 saturated carbocycles. The molecule has 1 atom stereocenters. The smallest absolute Gasteiger partial charge is 0 e. The second-order valence-electron chi connectivity index (χ2n) is 0. The predicted molar refractivity (Wildman–Crippen MR) is 51.4 cm³/mol. The maximum absolute atomic E-state index is 0. The third kappa shape index (κ3) is 36.1. The average Bonchev–Trinajstić information content (AvgIpc) is 0. The van der Waals surface area contributed by atoms with Crippen molar-refractivity contribution in [1.82, 2.24) is 0 Å². The average molecular weight is 308 g/mol. The maximum atomic E-state index is 0. The van der Waals surface area contributed by atoms with Crippen LogP contribution in [-0.2, 0) is 0 Å². The van der Waals surface area contributed by atoms with E-state index in [1.807, 2.05) is 0 Å². The van der Waals surface area contributed by atoms with Crippen molar-refractivity contribution in [1.29, 1.82) is 0 Å². The van der Waals surface area contributed by atoms with Crippen LogP contribution in [0.2, 0.25) is 0 Å². The second kappa shape index (κ2) is 42.8. The molecule has 0 aliphatic heterocycles. The van der Waals surface area contributed by atoms with E-state index in [2.05, 4.69) is 0 Å². The Hall–Kier alpha value is 11.9. The number of rotatable bonds is 0. The van der Waals surface area contributed by atoms with E-state index in [4.69, 9.17) is 0 Å². The van der Waals surface area contributed by atoms with E-state index >= 15 is 0 Å². The Bertz CT molecular complexity index is 4.35. The van der Waals surface area contributed by atoms with E-state index in [-0.39, 0.29) is 370 Å². The Morgan fingerprint density at radius 1 is 0.250 bits per heavy atom. The molecule has 0 heterocycles.